The number of benzene rings is 2. The normalized spacial score (nSPS) is 14.5. The molecule has 2 aromatic carbocycles. The zero-order valence-corrected chi connectivity index (χ0v) is 16.4. The Labute approximate surface area is 159 Å². The summed E-state index contributed by atoms with van der Waals surface area (Å²) in [6.07, 6.45) is 0.415. The van der Waals surface area contributed by atoms with Crippen LogP contribution in [-0.2, 0) is 26.5 Å². The number of primary sulfonamides is 1. The van der Waals surface area contributed by atoms with Crippen LogP contribution in [0.4, 0.5) is 5.69 Å². The molecule has 3 N–H and O–H groups in total. The van der Waals surface area contributed by atoms with Gasteiger partial charge in [0.1, 0.15) is 12.4 Å². The Morgan fingerprint density at radius 3 is 2.41 bits per heavy atom. The molecule has 8 nitrogen and oxygen atoms in total. The van der Waals surface area contributed by atoms with E-state index in [2.05, 4.69) is 4.72 Å². The van der Waals surface area contributed by atoms with Crippen molar-refractivity contribution in [3.8, 4) is 5.75 Å². The second-order valence-corrected chi connectivity index (χ2v) is 9.56. The quantitative estimate of drug-likeness (QED) is 0.722. The molecule has 1 aliphatic heterocycles. The van der Waals surface area contributed by atoms with Crippen molar-refractivity contribution in [3.05, 3.63) is 48.0 Å². The number of nitrogens with one attached hydrogen (secondary N) is 1. The molecule has 1 heterocycles. The second-order valence-electron chi connectivity index (χ2n) is 6.24. The molecule has 1 aliphatic rings. The van der Waals surface area contributed by atoms with Gasteiger partial charge in [0.15, 0.2) is 0 Å². The summed E-state index contributed by atoms with van der Waals surface area (Å²) in [4.78, 5) is 2.14. The number of nitrogens with zero attached hydrogens (tertiary/aromatic N) is 1. The van der Waals surface area contributed by atoms with Gasteiger partial charge in [-0.15, -0.1) is 0 Å². The Hall–Kier alpha value is -2.14. The van der Waals surface area contributed by atoms with Gasteiger partial charge in [-0.1, -0.05) is 12.1 Å². The molecule has 0 fully saturated rings. The molecule has 27 heavy (non-hydrogen) atoms. The lowest BCUT2D eigenvalue weighted by molar-refractivity contribution is 0.311. The number of ether oxygens (including phenoxy) is 1. The van der Waals surface area contributed by atoms with Gasteiger partial charge >= 0.3 is 0 Å². The van der Waals surface area contributed by atoms with E-state index >= 15 is 0 Å². The number of nitrogens with two attached hydrogens (primary N) is 1. The number of fused-ring (bicyclic) bond motifs is 1. The molecule has 0 radical (unpaired) electrons. The minimum absolute atomic E-state index is 0.0206. The molecular formula is C17H21N3O5S2. The smallest absolute Gasteiger partial charge is 0.240 e. The van der Waals surface area contributed by atoms with Crippen LogP contribution >= 0.6 is 0 Å². The van der Waals surface area contributed by atoms with E-state index in [-0.39, 0.29) is 16.3 Å². The van der Waals surface area contributed by atoms with Crippen LogP contribution in [-0.4, -0.2) is 43.6 Å². The third-order valence-electron chi connectivity index (χ3n) is 4.29. The molecule has 0 saturated heterocycles. The average molecular weight is 412 g/mol. The Morgan fingerprint density at radius 1 is 1.07 bits per heavy atom. The van der Waals surface area contributed by atoms with Crippen molar-refractivity contribution >= 4 is 25.7 Å². The van der Waals surface area contributed by atoms with Gasteiger partial charge in [-0.25, -0.2) is 26.7 Å². The highest BCUT2D eigenvalue weighted by atomic mass is 32.2. The molecule has 0 aromatic heterocycles. The summed E-state index contributed by atoms with van der Waals surface area (Å²) in [6, 6.07) is 10.8. The van der Waals surface area contributed by atoms with Crippen LogP contribution in [0.3, 0.4) is 0 Å². The number of anilines is 1. The minimum Gasteiger partial charge on any atom is -0.490 e. The summed E-state index contributed by atoms with van der Waals surface area (Å²) < 4.78 is 55.6. The van der Waals surface area contributed by atoms with E-state index in [4.69, 9.17) is 9.88 Å². The van der Waals surface area contributed by atoms with Crippen molar-refractivity contribution in [3.63, 3.8) is 0 Å². The topological polar surface area (TPSA) is 119 Å². The van der Waals surface area contributed by atoms with E-state index in [1.54, 1.807) is 24.3 Å². The third-order valence-corrected chi connectivity index (χ3v) is 6.68. The predicted molar refractivity (Wildman–Crippen MR) is 102 cm³/mol. The zero-order valence-electron chi connectivity index (χ0n) is 14.8. The molecule has 2 aromatic rings. The number of likely N-dealkylation sites (N-methyl/N-ethyl adjacent to an activating group) is 1. The summed E-state index contributed by atoms with van der Waals surface area (Å²) in [5.74, 6) is 0.664. The lowest BCUT2D eigenvalue weighted by Gasteiger charge is -2.28. The van der Waals surface area contributed by atoms with Crippen LogP contribution in [0, 0.1) is 0 Å². The fourth-order valence-corrected chi connectivity index (χ4v) is 4.32. The molecule has 0 aliphatic carbocycles. The molecule has 0 spiro atoms. The van der Waals surface area contributed by atoms with Crippen LogP contribution in [0.5, 0.6) is 5.75 Å². The van der Waals surface area contributed by atoms with Gasteiger partial charge < -0.3 is 9.64 Å². The summed E-state index contributed by atoms with van der Waals surface area (Å²) in [5, 5.41) is 5.05. The maximum atomic E-state index is 12.5. The lowest BCUT2D eigenvalue weighted by atomic mass is 10.2. The summed E-state index contributed by atoms with van der Waals surface area (Å²) in [5.41, 5.74) is 1.53. The van der Waals surface area contributed by atoms with Gasteiger partial charge in [0.25, 0.3) is 0 Å². The number of hydrogen-bond acceptors (Lipinski definition) is 6. The molecule has 146 valence electrons. The van der Waals surface area contributed by atoms with Crippen LogP contribution < -0.4 is 19.5 Å². The molecule has 0 unspecified atom stereocenters. The van der Waals surface area contributed by atoms with E-state index in [1.165, 1.54) is 18.2 Å². The number of hydrogen-bond donors (Lipinski definition) is 2. The fourth-order valence-electron chi connectivity index (χ4n) is 2.76. The fraction of sp³-hybridized carbons (Fsp3) is 0.294. The van der Waals surface area contributed by atoms with E-state index in [0.717, 1.165) is 11.3 Å². The van der Waals surface area contributed by atoms with Gasteiger partial charge in [0.05, 0.1) is 22.0 Å². The highest BCUT2D eigenvalue weighted by Crippen LogP contribution is 2.32. The summed E-state index contributed by atoms with van der Waals surface area (Å²) in [6.45, 7) is 1.44. The zero-order chi connectivity index (χ0) is 19.7. The van der Waals surface area contributed by atoms with Crippen molar-refractivity contribution < 1.29 is 21.6 Å². The number of rotatable bonds is 6. The van der Waals surface area contributed by atoms with E-state index in [0.29, 0.717) is 25.3 Å². The van der Waals surface area contributed by atoms with Crippen LogP contribution in [0.15, 0.2) is 52.3 Å². The minimum atomic E-state index is -3.74. The van der Waals surface area contributed by atoms with Crippen molar-refractivity contribution in [1.29, 1.82) is 0 Å². The standard InChI is InChI=1S/C17H21N3O5S2/c1-20-10-11-25-17-7-6-15(12-16(17)20)27(23,24)19-9-8-13-2-4-14(5-3-13)26(18,21)22/h2-7,12,19H,8-11H2,1H3,(H2,18,21,22). The molecule has 0 atom stereocenters. The third kappa shape index (κ3) is 4.59. The highest BCUT2D eigenvalue weighted by Gasteiger charge is 2.20. The number of sulfonamides is 2. The first-order valence-electron chi connectivity index (χ1n) is 8.26. The molecular weight excluding hydrogens is 390 g/mol. The van der Waals surface area contributed by atoms with Crippen molar-refractivity contribution in [2.75, 3.05) is 31.6 Å². The van der Waals surface area contributed by atoms with Gasteiger partial charge in [-0.05, 0) is 42.3 Å². The van der Waals surface area contributed by atoms with E-state index in [1.807, 2.05) is 11.9 Å². The van der Waals surface area contributed by atoms with Gasteiger partial charge in [-0.3, -0.25) is 0 Å². The molecule has 10 heteroatoms. The predicted octanol–water partition coefficient (Wildman–Crippen LogP) is 0.684. The first-order valence-corrected chi connectivity index (χ1v) is 11.3. The maximum Gasteiger partial charge on any atom is 0.240 e. The Kier molecular flexibility index (Phi) is 5.43. The van der Waals surface area contributed by atoms with Gasteiger partial charge in [0, 0.05) is 13.6 Å². The summed E-state index contributed by atoms with van der Waals surface area (Å²) in [7, 11) is -5.52. The van der Waals surface area contributed by atoms with Gasteiger partial charge in [-0.2, -0.15) is 0 Å². The van der Waals surface area contributed by atoms with Crippen molar-refractivity contribution in [1.82, 2.24) is 4.72 Å². The Morgan fingerprint density at radius 2 is 1.74 bits per heavy atom. The van der Waals surface area contributed by atoms with Crippen LogP contribution in [0.1, 0.15) is 5.56 Å². The maximum absolute atomic E-state index is 12.5. The second kappa shape index (κ2) is 7.47. The van der Waals surface area contributed by atoms with Crippen LogP contribution in [0.25, 0.3) is 0 Å². The van der Waals surface area contributed by atoms with E-state index in [9.17, 15) is 16.8 Å². The molecule has 0 saturated carbocycles. The molecule has 0 bridgehead atoms. The molecule has 0 amide bonds. The monoisotopic (exact) mass is 411 g/mol. The Balaban J connectivity index is 1.66. The summed E-state index contributed by atoms with van der Waals surface area (Å²) >= 11 is 0. The van der Waals surface area contributed by atoms with E-state index < -0.39 is 20.0 Å². The Bertz CT molecular complexity index is 1030. The van der Waals surface area contributed by atoms with Crippen molar-refractivity contribution in [2.45, 2.75) is 16.2 Å². The highest BCUT2D eigenvalue weighted by molar-refractivity contribution is 7.89. The first-order chi connectivity index (χ1) is 12.7. The SMILES string of the molecule is CN1CCOc2ccc(S(=O)(=O)NCCc3ccc(S(N)(=O)=O)cc3)cc21. The average Bonchev–Trinajstić information content (AvgIpc) is 2.61. The lowest BCUT2D eigenvalue weighted by Crippen LogP contribution is -2.30. The van der Waals surface area contributed by atoms with Crippen LogP contribution in [0.2, 0.25) is 0 Å². The largest absolute Gasteiger partial charge is 0.490 e. The van der Waals surface area contributed by atoms with Gasteiger partial charge in [0.2, 0.25) is 20.0 Å². The first kappa shape index (κ1) is 19.6. The van der Waals surface area contributed by atoms with Crippen molar-refractivity contribution in [2.24, 2.45) is 5.14 Å². The molecule has 3 rings (SSSR count).